The molecule has 3 heteroatoms. The first kappa shape index (κ1) is 16.4. The second-order valence-corrected chi connectivity index (χ2v) is 7.49. The van der Waals surface area contributed by atoms with Crippen molar-refractivity contribution in [2.75, 3.05) is 0 Å². The Bertz CT molecular complexity index is 885. The van der Waals surface area contributed by atoms with Crippen molar-refractivity contribution in [1.29, 1.82) is 0 Å². The Labute approximate surface area is 144 Å². The predicted molar refractivity (Wildman–Crippen MR) is 95.0 cm³/mol. The molecule has 0 unspecified atom stereocenters. The van der Waals surface area contributed by atoms with Crippen LogP contribution in [0.25, 0.3) is 16.9 Å². The Morgan fingerprint density at radius 2 is 1.79 bits per heavy atom. The molecule has 0 aliphatic heterocycles. The zero-order chi connectivity index (χ0) is 17.5. The van der Waals surface area contributed by atoms with E-state index in [-0.39, 0.29) is 5.41 Å². The number of nitrogens with zero attached hydrogens (tertiary/aromatic N) is 2. The van der Waals surface area contributed by atoms with E-state index in [0.717, 1.165) is 5.69 Å². The summed E-state index contributed by atoms with van der Waals surface area (Å²) in [6.45, 7) is 11.1. The second-order valence-electron chi connectivity index (χ2n) is 7.49. The SMILES string of the molecule is Cc1c(-c2coc[n+]2C)cc(C(C)(C)C)cc1-[n+]1ccccc1C. The first-order chi connectivity index (χ1) is 11.3. The van der Waals surface area contributed by atoms with Crippen molar-refractivity contribution in [3.05, 3.63) is 66.0 Å². The van der Waals surface area contributed by atoms with E-state index in [1.807, 2.05) is 17.9 Å². The van der Waals surface area contributed by atoms with Crippen LogP contribution in [0.15, 0.2) is 53.6 Å². The quantitative estimate of drug-likeness (QED) is 0.654. The lowest BCUT2D eigenvalue weighted by Gasteiger charge is -2.20. The molecule has 3 nitrogen and oxygen atoms in total. The molecule has 0 fully saturated rings. The number of oxazole rings is 1. The highest BCUT2D eigenvalue weighted by molar-refractivity contribution is 5.66. The van der Waals surface area contributed by atoms with Gasteiger partial charge in [-0.2, -0.15) is 9.13 Å². The number of benzene rings is 1. The largest absolute Gasteiger partial charge is 0.412 e. The van der Waals surface area contributed by atoms with E-state index in [1.165, 1.54) is 28.1 Å². The summed E-state index contributed by atoms with van der Waals surface area (Å²) < 4.78 is 9.69. The summed E-state index contributed by atoms with van der Waals surface area (Å²) in [6, 6.07) is 10.9. The molecule has 0 spiro atoms. The third-order valence-electron chi connectivity index (χ3n) is 4.62. The summed E-state index contributed by atoms with van der Waals surface area (Å²) in [7, 11) is 2.02. The molecule has 0 N–H and O–H groups in total. The maximum Gasteiger partial charge on any atom is 0.334 e. The molecular weight excluding hydrogens is 296 g/mol. The minimum atomic E-state index is 0.0722. The maximum atomic E-state index is 5.41. The van der Waals surface area contributed by atoms with E-state index in [1.54, 1.807) is 6.39 Å². The Morgan fingerprint density at radius 1 is 1.04 bits per heavy atom. The van der Waals surface area contributed by atoms with Gasteiger partial charge in [0, 0.05) is 30.7 Å². The van der Waals surface area contributed by atoms with Crippen LogP contribution in [0.4, 0.5) is 0 Å². The zero-order valence-electron chi connectivity index (χ0n) is 15.4. The molecule has 0 saturated heterocycles. The summed E-state index contributed by atoms with van der Waals surface area (Å²) in [5.41, 5.74) is 7.38. The molecule has 0 amide bonds. The fourth-order valence-corrected chi connectivity index (χ4v) is 3.03. The first-order valence-corrected chi connectivity index (χ1v) is 8.34. The molecule has 1 aromatic carbocycles. The van der Waals surface area contributed by atoms with E-state index >= 15 is 0 Å². The Hall–Kier alpha value is -2.42. The highest BCUT2D eigenvalue weighted by atomic mass is 16.3. The number of hydrogen-bond acceptors (Lipinski definition) is 1. The van der Waals surface area contributed by atoms with Crippen molar-refractivity contribution >= 4 is 0 Å². The third-order valence-corrected chi connectivity index (χ3v) is 4.62. The molecule has 0 aliphatic carbocycles. The van der Waals surface area contributed by atoms with Gasteiger partial charge in [0.2, 0.25) is 5.69 Å². The minimum absolute atomic E-state index is 0.0722. The van der Waals surface area contributed by atoms with Crippen molar-refractivity contribution < 1.29 is 13.6 Å². The average molecular weight is 322 g/mol. The Morgan fingerprint density at radius 3 is 2.38 bits per heavy atom. The van der Waals surface area contributed by atoms with Gasteiger partial charge in [0.1, 0.15) is 7.05 Å². The van der Waals surface area contributed by atoms with Gasteiger partial charge in [0.05, 0.1) is 5.56 Å². The van der Waals surface area contributed by atoms with E-state index in [2.05, 4.69) is 75.7 Å². The summed E-state index contributed by atoms with van der Waals surface area (Å²) >= 11 is 0. The van der Waals surface area contributed by atoms with E-state index in [4.69, 9.17) is 4.42 Å². The van der Waals surface area contributed by atoms with Crippen LogP contribution in [-0.4, -0.2) is 0 Å². The van der Waals surface area contributed by atoms with Gasteiger partial charge < -0.3 is 4.42 Å². The van der Waals surface area contributed by atoms with Crippen LogP contribution in [0.3, 0.4) is 0 Å². The molecule has 3 rings (SSSR count). The molecule has 0 radical (unpaired) electrons. The highest BCUT2D eigenvalue weighted by Gasteiger charge is 2.26. The number of aromatic nitrogens is 2. The molecule has 0 aliphatic rings. The van der Waals surface area contributed by atoms with Crippen molar-refractivity contribution in [2.24, 2.45) is 7.05 Å². The molecule has 0 bridgehead atoms. The smallest absolute Gasteiger partial charge is 0.334 e. The van der Waals surface area contributed by atoms with Crippen LogP contribution in [0.5, 0.6) is 0 Å². The number of rotatable bonds is 2. The molecule has 2 aromatic heterocycles. The zero-order valence-corrected chi connectivity index (χ0v) is 15.4. The van der Waals surface area contributed by atoms with Gasteiger partial charge in [-0.1, -0.05) is 26.8 Å². The van der Waals surface area contributed by atoms with Crippen molar-refractivity contribution in [1.82, 2.24) is 0 Å². The van der Waals surface area contributed by atoms with Crippen LogP contribution >= 0.6 is 0 Å². The topological polar surface area (TPSA) is 20.9 Å². The fourth-order valence-electron chi connectivity index (χ4n) is 3.03. The van der Waals surface area contributed by atoms with E-state index in [0.29, 0.717) is 0 Å². The van der Waals surface area contributed by atoms with Crippen LogP contribution in [0.1, 0.15) is 37.6 Å². The van der Waals surface area contributed by atoms with Gasteiger partial charge in [-0.3, -0.25) is 0 Å². The van der Waals surface area contributed by atoms with Crippen molar-refractivity contribution in [3.63, 3.8) is 0 Å². The van der Waals surface area contributed by atoms with Gasteiger partial charge >= 0.3 is 6.39 Å². The van der Waals surface area contributed by atoms with Gasteiger partial charge in [-0.15, -0.1) is 0 Å². The second kappa shape index (κ2) is 5.90. The lowest BCUT2D eigenvalue weighted by molar-refractivity contribution is -0.664. The number of pyridine rings is 1. The fraction of sp³-hybridized carbons (Fsp3) is 0.333. The van der Waals surface area contributed by atoms with Gasteiger partial charge in [0.25, 0.3) is 5.69 Å². The van der Waals surface area contributed by atoms with Crippen molar-refractivity contribution in [2.45, 2.75) is 40.0 Å². The summed E-state index contributed by atoms with van der Waals surface area (Å²) in [5, 5.41) is 0. The molecule has 0 atom stereocenters. The van der Waals surface area contributed by atoms with Crippen LogP contribution in [0.2, 0.25) is 0 Å². The Kier molecular flexibility index (Phi) is 4.04. The predicted octanol–water partition coefficient (Wildman–Crippen LogP) is 3.96. The van der Waals surface area contributed by atoms with E-state index in [9.17, 15) is 0 Å². The highest BCUT2D eigenvalue weighted by Crippen LogP contribution is 2.31. The van der Waals surface area contributed by atoms with Crippen LogP contribution < -0.4 is 9.13 Å². The number of hydrogen-bond donors (Lipinski definition) is 0. The van der Waals surface area contributed by atoms with Crippen LogP contribution in [-0.2, 0) is 12.5 Å². The molecule has 24 heavy (non-hydrogen) atoms. The summed E-state index contributed by atoms with van der Waals surface area (Å²) in [5.74, 6) is 0. The average Bonchev–Trinajstić information content (AvgIpc) is 2.93. The molecule has 2 heterocycles. The lowest BCUT2D eigenvalue weighted by atomic mass is 9.84. The van der Waals surface area contributed by atoms with E-state index < -0.39 is 0 Å². The molecule has 3 aromatic rings. The van der Waals surface area contributed by atoms with Crippen LogP contribution in [0, 0.1) is 13.8 Å². The third kappa shape index (κ3) is 2.86. The summed E-state index contributed by atoms with van der Waals surface area (Å²) in [6.07, 6.45) is 5.68. The molecular formula is C21H26N2O+2. The standard InChI is InChI=1S/C21H26N2O/c1-15-9-7-8-10-23(15)19-12-17(21(3,4)5)11-18(16(19)2)20-13-24-14-22(20)6/h7-14H,1-6H3/q+2. The molecule has 0 saturated carbocycles. The van der Waals surface area contributed by atoms with Gasteiger partial charge in [0.15, 0.2) is 18.2 Å². The summed E-state index contributed by atoms with van der Waals surface area (Å²) in [4.78, 5) is 0. The Balaban J connectivity index is 2.34. The minimum Gasteiger partial charge on any atom is -0.412 e. The lowest BCUT2D eigenvalue weighted by Crippen LogP contribution is -2.35. The van der Waals surface area contributed by atoms with Gasteiger partial charge in [-0.05, 0) is 24.0 Å². The number of aryl methyl sites for hydroxylation is 2. The van der Waals surface area contributed by atoms with Gasteiger partial charge in [-0.25, -0.2) is 0 Å². The monoisotopic (exact) mass is 322 g/mol. The van der Waals surface area contributed by atoms with Crippen molar-refractivity contribution in [3.8, 4) is 16.9 Å². The maximum absolute atomic E-state index is 5.41. The normalized spacial score (nSPS) is 11.8. The molecule has 124 valence electrons. The first-order valence-electron chi connectivity index (χ1n) is 8.34.